The second-order valence-electron chi connectivity index (χ2n) is 13.1. The lowest BCUT2D eigenvalue weighted by molar-refractivity contribution is -0.198. The smallest absolute Gasteiger partial charge is 0.418 e. The molecule has 0 aromatic heterocycles. The maximum absolute atomic E-state index is 15.1. The third-order valence-electron chi connectivity index (χ3n) is 9.30. The molecular weight excluding hydrogens is 609 g/mol. The lowest BCUT2D eigenvalue weighted by Gasteiger charge is -2.46. The summed E-state index contributed by atoms with van der Waals surface area (Å²) < 4.78 is 42.5. The molecular formula is C34H44Cl2F2N2O4. The fourth-order valence-corrected chi connectivity index (χ4v) is 7.68. The minimum atomic E-state index is -1.16. The molecule has 4 atom stereocenters. The Morgan fingerprint density at radius 1 is 0.727 bits per heavy atom. The fourth-order valence-electron chi connectivity index (χ4n) is 7.22. The molecule has 2 aliphatic carbocycles. The minimum Gasteiger partial charge on any atom is -0.450 e. The van der Waals surface area contributed by atoms with Gasteiger partial charge in [0.15, 0.2) is 0 Å². The number of benzene rings is 2. The van der Waals surface area contributed by atoms with E-state index >= 15 is 8.78 Å². The normalized spacial score (nSPS) is 25.7. The van der Waals surface area contributed by atoms with Crippen LogP contribution in [0.4, 0.5) is 8.78 Å². The van der Waals surface area contributed by atoms with Crippen LogP contribution < -0.4 is 0 Å². The van der Waals surface area contributed by atoms with E-state index in [-0.39, 0.29) is 45.8 Å². The van der Waals surface area contributed by atoms with E-state index in [1.807, 2.05) is 38.0 Å². The lowest BCUT2D eigenvalue weighted by Crippen LogP contribution is -2.54. The van der Waals surface area contributed by atoms with E-state index in [0.717, 1.165) is 38.5 Å². The van der Waals surface area contributed by atoms with Crippen molar-refractivity contribution in [3.63, 3.8) is 0 Å². The fraction of sp³-hybridized carbons (Fsp3) is 0.588. The van der Waals surface area contributed by atoms with Gasteiger partial charge in [-0.15, -0.1) is 0 Å². The highest BCUT2D eigenvalue weighted by Crippen LogP contribution is 2.44. The summed E-state index contributed by atoms with van der Waals surface area (Å²) in [5.74, 6) is -3.56. The van der Waals surface area contributed by atoms with E-state index in [1.54, 1.807) is 12.1 Å². The van der Waals surface area contributed by atoms with Gasteiger partial charge in [0.05, 0.1) is 0 Å². The van der Waals surface area contributed by atoms with Gasteiger partial charge < -0.3 is 19.3 Å². The van der Waals surface area contributed by atoms with E-state index in [9.17, 15) is 9.59 Å². The maximum atomic E-state index is 15.1. The van der Waals surface area contributed by atoms with Gasteiger partial charge in [0.25, 0.3) is 0 Å². The lowest BCUT2D eigenvalue weighted by atomic mass is 9.71. The van der Waals surface area contributed by atoms with Crippen LogP contribution in [-0.2, 0) is 31.9 Å². The van der Waals surface area contributed by atoms with E-state index in [4.69, 9.17) is 32.7 Å². The van der Waals surface area contributed by atoms with Gasteiger partial charge in [0, 0.05) is 58.9 Å². The Balaban J connectivity index is 1.68. The first-order valence-electron chi connectivity index (χ1n) is 15.5. The topological polar surface area (TPSA) is 59.1 Å². The van der Waals surface area contributed by atoms with Crippen molar-refractivity contribution in [1.82, 2.24) is 9.80 Å². The Hall–Kier alpha value is -2.26. The van der Waals surface area contributed by atoms with Crippen LogP contribution in [0.2, 0.25) is 10.0 Å². The summed E-state index contributed by atoms with van der Waals surface area (Å²) in [4.78, 5) is 31.6. The molecule has 4 unspecified atom stereocenters. The largest absolute Gasteiger partial charge is 0.450 e. The second kappa shape index (κ2) is 14.9. The number of esters is 2. The molecule has 2 fully saturated rings. The van der Waals surface area contributed by atoms with E-state index < -0.39 is 34.8 Å². The third kappa shape index (κ3) is 8.11. The van der Waals surface area contributed by atoms with Crippen LogP contribution >= 0.6 is 23.2 Å². The first-order valence-corrected chi connectivity index (χ1v) is 16.2. The van der Waals surface area contributed by atoms with E-state index in [2.05, 4.69) is 0 Å². The molecule has 0 amide bonds. The molecule has 0 aliphatic heterocycles. The number of rotatable bonds is 10. The standard InChI is InChI=1S/C34H44Cl2F2N2O4/c1-39(2)21-23-11-5-7-17-33(23,19-25-27(35)13-9-15-29(25)37)43-31(41)32(42)44-34(18-8-6-12-24(34)22-40(3)4)20-26-28(36)14-10-16-30(26)38/h9-10,13-16,23-24H,5-8,11-12,17-22H2,1-4H3. The van der Waals surface area contributed by atoms with Gasteiger partial charge in [0.2, 0.25) is 0 Å². The van der Waals surface area contributed by atoms with Gasteiger partial charge in [-0.3, -0.25) is 0 Å². The zero-order valence-corrected chi connectivity index (χ0v) is 27.7. The Bertz CT molecular complexity index is 1190. The van der Waals surface area contributed by atoms with Gasteiger partial charge in [-0.2, -0.15) is 0 Å². The molecule has 2 aromatic rings. The molecule has 2 aromatic carbocycles. The summed E-state index contributed by atoms with van der Waals surface area (Å²) in [6.07, 6.45) is 5.81. The highest BCUT2D eigenvalue weighted by molar-refractivity contribution is 6.32. The predicted octanol–water partition coefficient (Wildman–Crippen LogP) is 7.12. The van der Waals surface area contributed by atoms with Gasteiger partial charge >= 0.3 is 11.9 Å². The van der Waals surface area contributed by atoms with Crippen LogP contribution in [0.5, 0.6) is 0 Å². The number of ether oxygens (including phenoxy) is 2. The van der Waals surface area contributed by atoms with Gasteiger partial charge in [-0.1, -0.05) is 48.2 Å². The summed E-state index contributed by atoms with van der Waals surface area (Å²) in [6.45, 7) is 1.16. The van der Waals surface area contributed by atoms with Crippen LogP contribution in [0.3, 0.4) is 0 Å². The average Bonchev–Trinajstić information content (AvgIpc) is 2.95. The molecule has 0 radical (unpaired) electrons. The second-order valence-corrected chi connectivity index (χ2v) is 13.9. The Morgan fingerprint density at radius 3 is 1.45 bits per heavy atom. The molecule has 0 saturated heterocycles. The first-order chi connectivity index (χ1) is 20.9. The molecule has 10 heteroatoms. The predicted molar refractivity (Wildman–Crippen MR) is 169 cm³/mol. The number of carbonyl (C=O) groups excluding carboxylic acids is 2. The number of hydrogen-bond acceptors (Lipinski definition) is 6. The van der Waals surface area contributed by atoms with Crippen molar-refractivity contribution in [3.05, 3.63) is 69.2 Å². The maximum Gasteiger partial charge on any atom is 0.418 e. The monoisotopic (exact) mass is 652 g/mol. The number of hydrogen-bond donors (Lipinski definition) is 0. The molecule has 4 rings (SSSR count). The highest BCUT2D eigenvalue weighted by Gasteiger charge is 2.50. The molecule has 2 aliphatic rings. The molecule has 0 spiro atoms. The van der Waals surface area contributed by atoms with Crippen LogP contribution in [-0.4, -0.2) is 74.2 Å². The van der Waals surface area contributed by atoms with Crippen LogP contribution in [0, 0.1) is 23.5 Å². The molecule has 0 heterocycles. The SMILES string of the molecule is CN(C)CC1CCCCC1(Cc1c(F)cccc1Cl)OC(=O)C(=O)OC1(Cc2c(F)cccc2Cl)CCCCC1CN(C)C. The number of halogens is 4. The third-order valence-corrected chi connectivity index (χ3v) is 10.0. The number of nitrogens with zero attached hydrogens (tertiary/aromatic N) is 2. The summed E-state index contributed by atoms with van der Waals surface area (Å²) in [5, 5.41) is 0.484. The van der Waals surface area contributed by atoms with Crippen molar-refractivity contribution in [2.75, 3.05) is 41.3 Å². The number of carbonyl (C=O) groups is 2. The molecule has 242 valence electrons. The summed E-state index contributed by atoms with van der Waals surface area (Å²) in [7, 11) is 7.71. The molecule has 44 heavy (non-hydrogen) atoms. The zero-order valence-electron chi connectivity index (χ0n) is 26.1. The van der Waals surface area contributed by atoms with Crippen molar-refractivity contribution in [2.24, 2.45) is 11.8 Å². The van der Waals surface area contributed by atoms with Crippen molar-refractivity contribution in [2.45, 2.75) is 75.4 Å². The van der Waals surface area contributed by atoms with Crippen molar-refractivity contribution in [1.29, 1.82) is 0 Å². The zero-order chi connectivity index (χ0) is 32.1. The van der Waals surface area contributed by atoms with Crippen LogP contribution in [0.1, 0.15) is 62.5 Å². The Morgan fingerprint density at radius 2 is 1.11 bits per heavy atom. The van der Waals surface area contributed by atoms with Gasteiger partial charge in [-0.25, -0.2) is 18.4 Å². The van der Waals surface area contributed by atoms with Gasteiger partial charge in [-0.05, 0) is 91.0 Å². The molecule has 0 N–H and O–H groups in total. The Kier molecular flexibility index (Phi) is 11.7. The van der Waals surface area contributed by atoms with Crippen molar-refractivity contribution < 1.29 is 27.8 Å². The van der Waals surface area contributed by atoms with Crippen molar-refractivity contribution in [3.8, 4) is 0 Å². The Labute approximate surface area is 270 Å². The average molecular weight is 654 g/mol. The molecule has 2 saturated carbocycles. The highest BCUT2D eigenvalue weighted by atomic mass is 35.5. The van der Waals surface area contributed by atoms with E-state index in [1.165, 1.54) is 24.3 Å². The summed E-state index contributed by atoms with van der Waals surface area (Å²) in [6, 6.07) is 8.95. The first kappa shape index (κ1) is 34.6. The molecule has 6 nitrogen and oxygen atoms in total. The quantitative estimate of drug-likeness (QED) is 0.201. The van der Waals surface area contributed by atoms with Crippen LogP contribution in [0.25, 0.3) is 0 Å². The van der Waals surface area contributed by atoms with Crippen molar-refractivity contribution >= 4 is 35.1 Å². The van der Waals surface area contributed by atoms with Crippen LogP contribution in [0.15, 0.2) is 36.4 Å². The summed E-state index contributed by atoms with van der Waals surface area (Å²) in [5.41, 5.74) is -1.82. The van der Waals surface area contributed by atoms with Gasteiger partial charge in [0.1, 0.15) is 22.8 Å². The summed E-state index contributed by atoms with van der Waals surface area (Å²) >= 11 is 12.9. The van der Waals surface area contributed by atoms with E-state index in [0.29, 0.717) is 25.9 Å². The molecule has 0 bridgehead atoms. The minimum absolute atomic E-state index is 0.0370.